The van der Waals surface area contributed by atoms with Crippen LogP contribution in [0.25, 0.3) is 10.9 Å². The van der Waals surface area contributed by atoms with Crippen molar-refractivity contribution in [3.63, 3.8) is 0 Å². The Bertz CT molecular complexity index is 1770. The van der Waals surface area contributed by atoms with E-state index < -0.39 is 29.7 Å². The number of hydrogen-bond acceptors (Lipinski definition) is 8. The maximum atomic E-state index is 14.3. The monoisotopic (exact) mass is 711 g/mol. The number of carbonyl (C=O) groups is 5. The molecule has 0 fully saturated rings. The van der Waals surface area contributed by atoms with Crippen LogP contribution in [0.1, 0.15) is 55.7 Å². The second-order valence-corrected chi connectivity index (χ2v) is 12.8. The molecule has 0 saturated carbocycles. The van der Waals surface area contributed by atoms with Gasteiger partial charge in [-0.25, -0.2) is 0 Å². The Balaban J connectivity index is 1.58. The van der Waals surface area contributed by atoms with Crippen molar-refractivity contribution in [2.75, 3.05) is 32.7 Å². The number of aromatic nitrogens is 3. The van der Waals surface area contributed by atoms with E-state index in [2.05, 4.69) is 20.3 Å². The van der Waals surface area contributed by atoms with Crippen molar-refractivity contribution in [1.82, 2.24) is 35.0 Å². The maximum absolute atomic E-state index is 14.3. The molecule has 14 nitrogen and oxygen atoms in total. The number of hydrogen-bond donors (Lipinski definition) is 4. The summed E-state index contributed by atoms with van der Waals surface area (Å²) >= 11 is 0. The van der Waals surface area contributed by atoms with Crippen LogP contribution in [0.3, 0.4) is 0 Å². The number of amides is 5. The fourth-order valence-electron chi connectivity index (χ4n) is 5.80. The number of aromatic amines is 1. The molecule has 14 heteroatoms. The molecule has 5 amide bonds. The largest absolute Gasteiger partial charge is 0.370 e. The van der Waals surface area contributed by atoms with Crippen molar-refractivity contribution >= 4 is 40.4 Å². The van der Waals surface area contributed by atoms with Gasteiger partial charge in [-0.05, 0) is 60.6 Å². The molecule has 0 aliphatic rings. The van der Waals surface area contributed by atoms with E-state index in [-0.39, 0.29) is 51.6 Å². The first kappa shape index (κ1) is 39.2. The van der Waals surface area contributed by atoms with E-state index in [9.17, 15) is 24.0 Å². The minimum atomic E-state index is -0.921. The molecule has 4 rings (SSSR count). The number of unbranched alkanes of at least 4 members (excludes halogenated alkanes) is 1. The second kappa shape index (κ2) is 20.3. The normalized spacial score (nSPS) is 11.5. The number of pyridine rings is 2. The van der Waals surface area contributed by atoms with E-state index in [0.717, 1.165) is 28.5 Å². The van der Waals surface area contributed by atoms with Gasteiger partial charge < -0.3 is 36.5 Å². The highest BCUT2D eigenvalue weighted by molar-refractivity contribution is 5.91. The van der Waals surface area contributed by atoms with Crippen molar-refractivity contribution in [3.8, 4) is 0 Å². The van der Waals surface area contributed by atoms with Crippen LogP contribution in [-0.4, -0.2) is 98.0 Å². The van der Waals surface area contributed by atoms with E-state index in [0.29, 0.717) is 37.8 Å². The third-order valence-corrected chi connectivity index (χ3v) is 8.60. The van der Waals surface area contributed by atoms with Gasteiger partial charge in [0.15, 0.2) is 0 Å². The lowest BCUT2D eigenvalue weighted by molar-refractivity contribution is -0.146. The van der Waals surface area contributed by atoms with Gasteiger partial charge in [-0.15, -0.1) is 0 Å². The number of fused-ring (bicyclic) bond motifs is 1. The van der Waals surface area contributed by atoms with Gasteiger partial charge in [0.25, 0.3) is 0 Å². The van der Waals surface area contributed by atoms with Gasteiger partial charge >= 0.3 is 0 Å². The fraction of sp³-hybridized carbons (Fsp3) is 0.395. The van der Waals surface area contributed by atoms with Gasteiger partial charge in [-0.3, -0.25) is 33.9 Å². The predicted molar refractivity (Wildman–Crippen MR) is 197 cm³/mol. The third kappa shape index (κ3) is 12.3. The minimum absolute atomic E-state index is 0.0718. The Hall–Kier alpha value is -5.63. The summed E-state index contributed by atoms with van der Waals surface area (Å²) in [5.74, 6) is -2.06. The molecule has 4 aromatic rings. The summed E-state index contributed by atoms with van der Waals surface area (Å²) in [5, 5.41) is 3.82. The number of para-hydroxylation sites is 1. The van der Waals surface area contributed by atoms with E-state index in [1.165, 1.54) is 14.7 Å². The molecule has 0 spiro atoms. The van der Waals surface area contributed by atoms with Crippen molar-refractivity contribution in [1.29, 1.82) is 0 Å². The Kier molecular flexibility index (Phi) is 15.3. The SMILES string of the molecule is CCCNC(=O)CN(Cc1cccnc1)C(=O)CN(CCc1c[nH]c2ccccc12)C(=O)CN(Cc1cccnc1)C(=O)C(N)CCCCC(N)=O. The van der Waals surface area contributed by atoms with E-state index in [1.807, 2.05) is 43.5 Å². The number of carbonyl (C=O) groups excluding carboxylic acids is 5. The number of primary amides is 1. The van der Waals surface area contributed by atoms with Crippen LogP contribution in [0.4, 0.5) is 0 Å². The van der Waals surface area contributed by atoms with Crippen LogP contribution in [0.2, 0.25) is 0 Å². The molecular weight excluding hydrogens is 662 g/mol. The van der Waals surface area contributed by atoms with Crippen molar-refractivity contribution in [2.45, 2.75) is 64.6 Å². The summed E-state index contributed by atoms with van der Waals surface area (Å²) in [5.41, 5.74) is 14.9. The first-order chi connectivity index (χ1) is 25.1. The van der Waals surface area contributed by atoms with Crippen molar-refractivity contribution < 1.29 is 24.0 Å². The number of benzene rings is 1. The van der Waals surface area contributed by atoms with Gasteiger partial charge in [0.2, 0.25) is 29.5 Å². The molecule has 1 unspecified atom stereocenters. The molecule has 0 bridgehead atoms. The van der Waals surface area contributed by atoms with E-state index in [4.69, 9.17) is 11.5 Å². The average Bonchev–Trinajstić information content (AvgIpc) is 3.56. The average molecular weight is 712 g/mol. The number of nitrogens with zero attached hydrogens (tertiary/aromatic N) is 5. The summed E-state index contributed by atoms with van der Waals surface area (Å²) in [6.45, 7) is 1.90. The molecule has 1 aromatic carbocycles. The zero-order chi connectivity index (χ0) is 37.3. The lowest BCUT2D eigenvalue weighted by atomic mass is 10.1. The standard InChI is InChI=1S/C38H49N9O5/c1-2-16-43-35(49)25-46(23-28-9-7-17-41-20-28)37(51)26-45(19-15-30-22-44-33-13-5-3-11-31(30)33)36(50)27-47(24-29-10-8-18-42-21-29)38(52)32(39)12-4-6-14-34(40)48/h3,5,7-11,13,17-18,20-22,32,44H,2,4,6,12,14-16,19,23-27,39H2,1H3,(H2,40,48)(H,43,49). The lowest BCUT2D eigenvalue weighted by Gasteiger charge is -2.31. The van der Waals surface area contributed by atoms with Gasteiger partial charge in [0.1, 0.15) is 6.54 Å². The molecule has 1 atom stereocenters. The van der Waals surface area contributed by atoms with Crippen molar-refractivity contribution in [2.24, 2.45) is 11.5 Å². The summed E-state index contributed by atoms with van der Waals surface area (Å²) in [6.07, 6.45) is 11.0. The summed E-state index contributed by atoms with van der Waals surface area (Å²) in [4.78, 5) is 81.9. The number of nitrogens with one attached hydrogen (secondary N) is 2. The molecule has 276 valence electrons. The first-order valence-corrected chi connectivity index (χ1v) is 17.6. The zero-order valence-electron chi connectivity index (χ0n) is 29.7. The molecule has 6 N–H and O–H groups in total. The molecule has 0 saturated heterocycles. The summed E-state index contributed by atoms with van der Waals surface area (Å²) < 4.78 is 0. The molecule has 0 aliphatic carbocycles. The van der Waals surface area contributed by atoms with Crippen LogP contribution in [-0.2, 0) is 43.5 Å². The Labute approximate surface area is 303 Å². The molecular formula is C38H49N9O5. The van der Waals surface area contributed by atoms with Crippen molar-refractivity contribution in [3.05, 3.63) is 96.2 Å². The number of nitrogens with two attached hydrogens (primary N) is 2. The summed E-state index contributed by atoms with van der Waals surface area (Å²) in [7, 11) is 0. The van der Waals surface area contributed by atoms with Gasteiger partial charge in [-0.2, -0.15) is 0 Å². The topological polar surface area (TPSA) is 201 Å². The Morgan fingerprint density at radius 1 is 0.827 bits per heavy atom. The van der Waals surface area contributed by atoms with Crippen LogP contribution >= 0.6 is 0 Å². The van der Waals surface area contributed by atoms with E-state index in [1.54, 1.807) is 43.0 Å². The molecule has 3 heterocycles. The smallest absolute Gasteiger partial charge is 0.242 e. The highest BCUT2D eigenvalue weighted by atomic mass is 16.2. The molecule has 52 heavy (non-hydrogen) atoms. The third-order valence-electron chi connectivity index (χ3n) is 8.60. The van der Waals surface area contributed by atoms with Crippen LogP contribution in [0.5, 0.6) is 0 Å². The maximum Gasteiger partial charge on any atom is 0.242 e. The van der Waals surface area contributed by atoms with Crippen LogP contribution in [0.15, 0.2) is 79.5 Å². The Morgan fingerprint density at radius 3 is 2.13 bits per heavy atom. The zero-order valence-corrected chi connectivity index (χ0v) is 29.7. The lowest BCUT2D eigenvalue weighted by Crippen LogP contribution is -2.51. The summed E-state index contributed by atoms with van der Waals surface area (Å²) in [6, 6.07) is 14.0. The highest BCUT2D eigenvalue weighted by Gasteiger charge is 2.28. The van der Waals surface area contributed by atoms with E-state index >= 15 is 0 Å². The van der Waals surface area contributed by atoms with Gasteiger partial charge in [0, 0.05) is 74.5 Å². The number of H-pyrrole nitrogens is 1. The highest BCUT2D eigenvalue weighted by Crippen LogP contribution is 2.19. The quantitative estimate of drug-likeness (QED) is 0.0943. The molecule has 3 aromatic heterocycles. The molecule has 0 radical (unpaired) electrons. The number of rotatable bonds is 21. The second-order valence-electron chi connectivity index (χ2n) is 12.8. The fourth-order valence-corrected chi connectivity index (χ4v) is 5.80. The predicted octanol–water partition coefficient (Wildman–Crippen LogP) is 2.29. The van der Waals surface area contributed by atoms with Gasteiger partial charge in [0.05, 0.1) is 19.1 Å². The van der Waals surface area contributed by atoms with Gasteiger partial charge in [-0.1, -0.05) is 43.7 Å². The van der Waals surface area contributed by atoms with Crippen LogP contribution < -0.4 is 16.8 Å². The Morgan fingerprint density at radius 2 is 1.48 bits per heavy atom. The first-order valence-electron chi connectivity index (χ1n) is 17.6. The van der Waals surface area contributed by atoms with Crippen LogP contribution in [0, 0.1) is 0 Å². The minimum Gasteiger partial charge on any atom is -0.370 e. The molecule has 0 aliphatic heterocycles.